The molecule has 2 rings (SSSR count). The molecule has 0 radical (unpaired) electrons. The van der Waals surface area contributed by atoms with Crippen LogP contribution in [0.4, 0.5) is 0 Å². The maximum atomic E-state index is 11.6. The summed E-state index contributed by atoms with van der Waals surface area (Å²) in [6, 6.07) is 3.36. The van der Waals surface area contributed by atoms with Crippen molar-refractivity contribution >= 4 is 21.8 Å². The topological polar surface area (TPSA) is 51.5 Å². The summed E-state index contributed by atoms with van der Waals surface area (Å²) in [5.74, 6) is 0.766. The predicted octanol–water partition coefficient (Wildman–Crippen LogP) is 2.20. The molecule has 88 valence electrons. The van der Waals surface area contributed by atoms with E-state index < -0.39 is 0 Å². The van der Waals surface area contributed by atoms with E-state index in [0.29, 0.717) is 22.9 Å². The van der Waals surface area contributed by atoms with Crippen molar-refractivity contribution in [3.63, 3.8) is 0 Å². The number of rotatable bonds is 4. The van der Waals surface area contributed by atoms with Crippen LogP contribution in [0.2, 0.25) is 0 Å². The van der Waals surface area contributed by atoms with E-state index in [0.717, 1.165) is 26.1 Å². The minimum absolute atomic E-state index is 0.162. The second-order valence-corrected chi connectivity index (χ2v) is 4.66. The molecule has 0 bridgehead atoms. The first kappa shape index (κ1) is 11.7. The lowest BCUT2D eigenvalue weighted by Crippen LogP contribution is -2.25. The van der Waals surface area contributed by atoms with Gasteiger partial charge in [0.2, 0.25) is 0 Å². The molecule has 0 aliphatic carbocycles. The quantitative estimate of drug-likeness (QED) is 0.924. The summed E-state index contributed by atoms with van der Waals surface area (Å²) >= 11 is 3.16. The summed E-state index contributed by atoms with van der Waals surface area (Å²) < 4.78 is 11.0. The number of carbonyl (C=O) groups is 1. The van der Waals surface area contributed by atoms with Crippen molar-refractivity contribution in [1.29, 1.82) is 0 Å². The highest BCUT2D eigenvalue weighted by molar-refractivity contribution is 9.10. The number of furan rings is 1. The van der Waals surface area contributed by atoms with Crippen molar-refractivity contribution in [2.45, 2.75) is 12.8 Å². The van der Waals surface area contributed by atoms with Crippen LogP contribution in [0.3, 0.4) is 0 Å². The smallest absolute Gasteiger partial charge is 0.287 e. The molecule has 1 unspecified atom stereocenters. The summed E-state index contributed by atoms with van der Waals surface area (Å²) in [6.45, 7) is 2.34. The Labute approximate surface area is 102 Å². The third kappa shape index (κ3) is 3.09. The SMILES string of the molecule is O=C(NCCC1CCOC1)c1ccc(Br)o1. The van der Waals surface area contributed by atoms with Gasteiger partial charge in [-0.3, -0.25) is 4.79 Å². The summed E-state index contributed by atoms with van der Waals surface area (Å²) in [5.41, 5.74) is 0. The van der Waals surface area contributed by atoms with E-state index in [-0.39, 0.29) is 5.91 Å². The first-order chi connectivity index (χ1) is 7.75. The van der Waals surface area contributed by atoms with E-state index in [1.54, 1.807) is 12.1 Å². The summed E-state index contributed by atoms with van der Waals surface area (Å²) in [7, 11) is 0. The van der Waals surface area contributed by atoms with Crippen LogP contribution < -0.4 is 5.32 Å². The number of ether oxygens (including phenoxy) is 1. The van der Waals surface area contributed by atoms with Gasteiger partial charge in [-0.05, 0) is 46.8 Å². The number of halogens is 1. The number of hydrogen-bond donors (Lipinski definition) is 1. The normalized spacial score (nSPS) is 19.9. The molecule has 16 heavy (non-hydrogen) atoms. The van der Waals surface area contributed by atoms with Gasteiger partial charge < -0.3 is 14.5 Å². The molecule has 0 saturated carbocycles. The van der Waals surface area contributed by atoms with Gasteiger partial charge in [-0.1, -0.05) is 0 Å². The lowest BCUT2D eigenvalue weighted by molar-refractivity contribution is 0.0921. The molecule has 0 spiro atoms. The number of hydrogen-bond acceptors (Lipinski definition) is 3. The van der Waals surface area contributed by atoms with Crippen LogP contribution in [0.5, 0.6) is 0 Å². The highest BCUT2D eigenvalue weighted by Gasteiger charge is 2.16. The fourth-order valence-corrected chi connectivity index (χ4v) is 2.03. The molecular weight excluding hydrogens is 274 g/mol. The van der Waals surface area contributed by atoms with Crippen LogP contribution in [-0.2, 0) is 4.74 Å². The van der Waals surface area contributed by atoms with Gasteiger partial charge in [0.1, 0.15) is 0 Å². The third-order valence-corrected chi connectivity index (χ3v) is 3.09. The average Bonchev–Trinajstić information content (AvgIpc) is 2.89. The van der Waals surface area contributed by atoms with E-state index in [4.69, 9.17) is 9.15 Å². The molecule has 2 heterocycles. The van der Waals surface area contributed by atoms with E-state index in [1.807, 2.05) is 0 Å². The Morgan fingerprint density at radius 3 is 3.06 bits per heavy atom. The van der Waals surface area contributed by atoms with Gasteiger partial charge in [-0.2, -0.15) is 0 Å². The molecule has 1 aliphatic heterocycles. The van der Waals surface area contributed by atoms with Gasteiger partial charge >= 0.3 is 0 Å². The van der Waals surface area contributed by atoms with E-state index in [9.17, 15) is 4.79 Å². The Balaban J connectivity index is 1.71. The van der Waals surface area contributed by atoms with Crippen molar-refractivity contribution in [3.8, 4) is 0 Å². The van der Waals surface area contributed by atoms with Gasteiger partial charge in [-0.25, -0.2) is 0 Å². The van der Waals surface area contributed by atoms with Crippen molar-refractivity contribution in [2.75, 3.05) is 19.8 Å². The Bertz CT molecular complexity index is 358. The van der Waals surface area contributed by atoms with Gasteiger partial charge in [0, 0.05) is 19.8 Å². The van der Waals surface area contributed by atoms with E-state index in [1.165, 1.54) is 0 Å². The molecular formula is C11H14BrNO3. The average molecular weight is 288 g/mol. The van der Waals surface area contributed by atoms with Crippen LogP contribution in [0.1, 0.15) is 23.4 Å². The largest absolute Gasteiger partial charge is 0.444 e. The van der Waals surface area contributed by atoms with Crippen LogP contribution in [0.25, 0.3) is 0 Å². The van der Waals surface area contributed by atoms with Crippen molar-refractivity contribution < 1.29 is 13.9 Å². The van der Waals surface area contributed by atoms with Crippen molar-refractivity contribution in [3.05, 3.63) is 22.6 Å². The van der Waals surface area contributed by atoms with E-state index in [2.05, 4.69) is 21.2 Å². The van der Waals surface area contributed by atoms with Gasteiger partial charge in [-0.15, -0.1) is 0 Å². The second kappa shape index (κ2) is 5.50. The van der Waals surface area contributed by atoms with Gasteiger partial charge in [0.25, 0.3) is 5.91 Å². The zero-order valence-corrected chi connectivity index (χ0v) is 10.5. The first-order valence-electron chi connectivity index (χ1n) is 5.37. The Morgan fingerprint density at radius 1 is 1.56 bits per heavy atom. The summed E-state index contributed by atoms with van der Waals surface area (Å²) in [6.07, 6.45) is 2.07. The molecule has 1 aromatic heterocycles. The Kier molecular flexibility index (Phi) is 4.01. The molecule has 1 aromatic rings. The number of amides is 1. The highest BCUT2D eigenvalue weighted by Crippen LogP contribution is 2.16. The number of carbonyl (C=O) groups excluding carboxylic acids is 1. The van der Waals surface area contributed by atoms with Gasteiger partial charge in [0.05, 0.1) is 0 Å². The minimum atomic E-state index is -0.162. The summed E-state index contributed by atoms with van der Waals surface area (Å²) in [5, 5.41) is 2.83. The molecule has 1 amide bonds. The van der Waals surface area contributed by atoms with Crippen LogP contribution >= 0.6 is 15.9 Å². The summed E-state index contributed by atoms with van der Waals surface area (Å²) in [4.78, 5) is 11.6. The molecule has 1 saturated heterocycles. The Morgan fingerprint density at radius 2 is 2.44 bits per heavy atom. The maximum Gasteiger partial charge on any atom is 0.287 e. The Hall–Kier alpha value is -0.810. The maximum absolute atomic E-state index is 11.6. The van der Waals surface area contributed by atoms with Crippen molar-refractivity contribution in [2.24, 2.45) is 5.92 Å². The molecule has 0 aromatic carbocycles. The van der Waals surface area contributed by atoms with Crippen LogP contribution in [0, 0.1) is 5.92 Å². The molecule has 1 fully saturated rings. The van der Waals surface area contributed by atoms with Crippen LogP contribution in [-0.4, -0.2) is 25.7 Å². The lowest BCUT2D eigenvalue weighted by atomic mass is 10.1. The molecule has 5 heteroatoms. The van der Waals surface area contributed by atoms with Gasteiger partial charge in [0.15, 0.2) is 10.4 Å². The monoisotopic (exact) mass is 287 g/mol. The first-order valence-corrected chi connectivity index (χ1v) is 6.16. The standard InChI is InChI=1S/C11H14BrNO3/c12-10-2-1-9(16-10)11(14)13-5-3-8-4-6-15-7-8/h1-2,8H,3-7H2,(H,13,14). The highest BCUT2D eigenvalue weighted by atomic mass is 79.9. The zero-order valence-electron chi connectivity index (χ0n) is 8.87. The molecule has 1 N–H and O–H groups in total. The molecule has 4 nitrogen and oxygen atoms in total. The second-order valence-electron chi connectivity index (χ2n) is 3.88. The van der Waals surface area contributed by atoms with Crippen molar-refractivity contribution in [1.82, 2.24) is 5.32 Å². The lowest BCUT2D eigenvalue weighted by Gasteiger charge is -2.07. The predicted molar refractivity (Wildman–Crippen MR) is 62.3 cm³/mol. The molecule has 1 aliphatic rings. The zero-order chi connectivity index (χ0) is 11.4. The fraction of sp³-hybridized carbons (Fsp3) is 0.545. The minimum Gasteiger partial charge on any atom is -0.444 e. The van der Waals surface area contributed by atoms with Crippen LogP contribution in [0.15, 0.2) is 21.2 Å². The molecule has 1 atom stereocenters. The third-order valence-electron chi connectivity index (χ3n) is 2.66. The van der Waals surface area contributed by atoms with E-state index >= 15 is 0 Å². The fourth-order valence-electron chi connectivity index (χ4n) is 1.72. The number of nitrogens with one attached hydrogen (secondary N) is 1.